The van der Waals surface area contributed by atoms with Crippen LogP contribution in [0.15, 0.2) is 24.5 Å². The minimum atomic E-state index is -0.730. The van der Waals surface area contributed by atoms with Gasteiger partial charge in [0.25, 0.3) is 0 Å². The van der Waals surface area contributed by atoms with Gasteiger partial charge in [-0.3, -0.25) is 14.3 Å². The number of rotatable bonds is 7. The Balaban J connectivity index is 1.52. The number of fused-ring (bicyclic) bond motifs is 2. The Morgan fingerprint density at radius 2 is 1.86 bits per heavy atom. The predicted octanol–water partition coefficient (Wildman–Crippen LogP) is 2.23. The first kappa shape index (κ1) is 24.1. The van der Waals surface area contributed by atoms with Crippen molar-refractivity contribution in [1.82, 2.24) is 24.6 Å². The summed E-state index contributed by atoms with van der Waals surface area (Å²) in [6.07, 6.45) is 4.51. The van der Waals surface area contributed by atoms with E-state index >= 15 is 0 Å². The van der Waals surface area contributed by atoms with E-state index in [-0.39, 0.29) is 43.2 Å². The monoisotopic (exact) mass is 491 g/mol. The summed E-state index contributed by atoms with van der Waals surface area (Å²) < 4.78 is 6.75. The Bertz CT molecular complexity index is 1380. The summed E-state index contributed by atoms with van der Waals surface area (Å²) in [4.78, 5) is 48.7. The Morgan fingerprint density at radius 3 is 2.50 bits per heavy atom. The average Bonchev–Trinajstić information content (AvgIpc) is 3.26. The third-order valence-electron chi connectivity index (χ3n) is 7.35. The molecule has 3 heterocycles. The van der Waals surface area contributed by atoms with E-state index in [2.05, 4.69) is 15.1 Å². The summed E-state index contributed by atoms with van der Waals surface area (Å²) in [7, 11) is 0. The zero-order chi connectivity index (χ0) is 25.8. The van der Waals surface area contributed by atoms with E-state index in [0.29, 0.717) is 29.6 Å². The number of ether oxygens (including phenoxy) is 1. The second-order valence-electron chi connectivity index (χ2n) is 9.78. The van der Waals surface area contributed by atoms with Crippen LogP contribution in [-0.2, 0) is 20.9 Å². The van der Waals surface area contributed by atoms with Crippen LogP contribution in [-0.4, -0.2) is 72.7 Å². The summed E-state index contributed by atoms with van der Waals surface area (Å²) >= 11 is 0. The summed E-state index contributed by atoms with van der Waals surface area (Å²) in [6.45, 7) is 6.89. The number of aliphatic hydroxyl groups is 1. The minimum Gasteiger partial charge on any atom is -0.464 e. The van der Waals surface area contributed by atoms with Gasteiger partial charge in [-0.25, -0.2) is 14.8 Å². The molecule has 1 N–H and O–H groups in total. The fourth-order valence-electron chi connectivity index (χ4n) is 5.48. The number of aryl methyl sites for hydroxylation is 2. The lowest BCUT2D eigenvalue weighted by molar-refractivity contribution is -0.154. The molecule has 3 aromatic rings. The van der Waals surface area contributed by atoms with Crippen molar-refractivity contribution >= 4 is 28.6 Å². The van der Waals surface area contributed by atoms with Crippen LogP contribution in [0.25, 0.3) is 22.0 Å². The molecule has 10 nitrogen and oxygen atoms in total. The number of aliphatic hydroxyl groups excluding tert-OH is 1. The maximum absolute atomic E-state index is 13.6. The van der Waals surface area contributed by atoms with Gasteiger partial charge >= 0.3 is 5.97 Å². The number of hydrogen-bond donors (Lipinski definition) is 1. The number of hydrogen-bond acceptors (Lipinski definition) is 8. The Morgan fingerprint density at radius 1 is 1.14 bits per heavy atom. The first-order valence-corrected chi connectivity index (χ1v) is 12.1. The van der Waals surface area contributed by atoms with Crippen LogP contribution in [0, 0.1) is 19.3 Å². The molecule has 36 heavy (non-hydrogen) atoms. The van der Waals surface area contributed by atoms with E-state index in [0.717, 1.165) is 16.7 Å². The van der Waals surface area contributed by atoms with Crippen molar-refractivity contribution < 1.29 is 24.2 Å². The standard InChI is InChI=1S/C26H29N5O5/c1-5-36-25(35)20-8-26(13-32)9-21(26)31(20)22(34)12-30-24-14(2)6-17(18-10-27-16(4)28-11-18)7-19(24)23(29-30)15(3)33/h6-7,10-11,20-21,32H,5,8-9,12-13H2,1-4H3/t20-,21+,26-/m0/s1. The molecule has 3 atom stereocenters. The van der Waals surface area contributed by atoms with Crippen LogP contribution >= 0.6 is 0 Å². The number of carbonyl (C=O) groups is 3. The highest BCUT2D eigenvalue weighted by Gasteiger charge is 2.67. The highest BCUT2D eigenvalue weighted by molar-refractivity contribution is 6.07. The number of amides is 1. The fourth-order valence-corrected chi connectivity index (χ4v) is 5.48. The quantitative estimate of drug-likeness (QED) is 0.394. The molecule has 1 aliphatic carbocycles. The molecule has 0 bridgehead atoms. The maximum Gasteiger partial charge on any atom is 0.328 e. The van der Waals surface area contributed by atoms with E-state index in [1.54, 1.807) is 28.9 Å². The van der Waals surface area contributed by atoms with Crippen LogP contribution < -0.4 is 0 Å². The van der Waals surface area contributed by atoms with Crippen LogP contribution in [0.1, 0.15) is 48.6 Å². The van der Waals surface area contributed by atoms with E-state index < -0.39 is 17.4 Å². The van der Waals surface area contributed by atoms with Gasteiger partial charge in [0.05, 0.1) is 18.7 Å². The van der Waals surface area contributed by atoms with Gasteiger partial charge in [0.2, 0.25) is 5.91 Å². The molecule has 188 valence electrons. The zero-order valence-electron chi connectivity index (χ0n) is 20.8. The summed E-state index contributed by atoms with van der Waals surface area (Å²) in [6, 6.07) is 2.90. The number of Topliss-reactive ketones (excluding diaryl/α,β-unsaturated/α-hetero) is 1. The highest BCUT2D eigenvalue weighted by atomic mass is 16.5. The molecule has 1 amide bonds. The van der Waals surface area contributed by atoms with Crippen molar-refractivity contribution in [3.05, 3.63) is 41.6 Å². The Hall–Kier alpha value is -3.66. The van der Waals surface area contributed by atoms with Crippen molar-refractivity contribution in [2.75, 3.05) is 13.2 Å². The molecule has 2 aliphatic rings. The molecule has 2 aromatic heterocycles. The van der Waals surface area contributed by atoms with Crippen LogP contribution in [0.4, 0.5) is 0 Å². The van der Waals surface area contributed by atoms with Crippen LogP contribution in [0.5, 0.6) is 0 Å². The molecule has 0 radical (unpaired) electrons. The molecule has 1 saturated heterocycles. The van der Waals surface area contributed by atoms with Crippen molar-refractivity contribution in [3.63, 3.8) is 0 Å². The molecule has 0 spiro atoms. The van der Waals surface area contributed by atoms with E-state index in [9.17, 15) is 19.5 Å². The van der Waals surface area contributed by atoms with E-state index in [1.165, 1.54) is 6.92 Å². The third kappa shape index (κ3) is 3.85. The average molecular weight is 492 g/mol. The number of ketones is 1. The molecule has 2 fully saturated rings. The number of carbonyl (C=O) groups excluding carboxylic acids is 3. The molecule has 5 rings (SSSR count). The van der Waals surface area contributed by atoms with E-state index in [4.69, 9.17) is 4.74 Å². The Kier molecular flexibility index (Phi) is 5.86. The van der Waals surface area contributed by atoms with Gasteiger partial charge in [-0.15, -0.1) is 0 Å². The summed E-state index contributed by atoms with van der Waals surface area (Å²) in [5.41, 5.74) is 3.02. The molecule has 1 saturated carbocycles. The zero-order valence-corrected chi connectivity index (χ0v) is 20.8. The SMILES string of the molecule is CCOC(=O)[C@@H]1C[C@@]2(CO)C[C@H]2N1C(=O)Cn1nc(C(C)=O)c2cc(-c3cnc(C)nc3)cc(C)c21. The number of nitrogens with zero attached hydrogens (tertiary/aromatic N) is 5. The smallest absolute Gasteiger partial charge is 0.328 e. The van der Waals surface area contributed by atoms with Gasteiger partial charge in [-0.05, 0) is 56.9 Å². The number of benzene rings is 1. The second-order valence-corrected chi connectivity index (χ2v) is 9.78. The lowest BCUT2D eigenvalue weighted by Crippen LogP contribution is -2.45. The summed E-state index contributed by atoms with van der Waals surface area (Å²) in [5, 5.41) is 15.1. The van der Waals surface area contributed by atoms with Gasteiger partial charge in [0.15, 0.2) is 5.78 Å². The number of esters is 1. The van der Waals surface area contributed by atoms with Gasteiger partial charge in [0, 0.05) is 41.7 Å². The van der Waals surface area contributed by atoms with Gasteiger partial charge in [-0.2, -0.15) is 5.10 Å². The first-order valence-electron chi connectivity index (χ1n) is 12.1. The van der Waals surface area contributed by atoms with Crippen molar-refractivity contribution in [2.24, 2.45) is 5.41 Å². The Labute approximate surface area is 208 Å². The van der Waals surface area contributed by atoms with Crippen molar-refractivity contribution in [2.45, 2.75) is 59.2 Å². The normalized spacial score (nSPS) is 22.5. The lowest BCUT2D eigenvalue weighted by atomic mass is 10.0. The number of likely N-dealkylation sites (tertiary alicyclic amines) is 1. The molecule has 0 unspecified atom stereocenters. The van der Waals surface area contributed by atoms with Gasteiger partial charge in [-0.1, -0.05) is 0 Å². The second kappa shape index (κ2) is 8.77. The predicted molar refractivity (Wildman–Crippen MR) is 130 cm³/mol. The number of piperidine rings is 1. The van der Waals surface area contributed by atoms with Crippen molar-refractivity contribution in [3.8, 4) is 11.1 Å². The third-order valence-corrected chi connectivity index (χ3v) is 7.35. The van der Waals surface area contributed by atoms with E-state index in [1.807, 2.05) is 26.0 Å². The molecule has 1 aromatic carbocycles. The van der Waals surface area contributed by atoms with Gasteiger partial charge in [0.1, 0.15) is 24.1 Å². The fraction of sp³-hybridized carbons (Fsp3) is 0.462. The molecular formula is C26H29N5O5. The van der Waals surface area contributed by atoms with Crippen LogP contribution in [0.2, 0.25) is 0 Å². The number of aromatic nitrogens is 4. The first-order chi connectivity index (χ1) is 17.2. The largest absolute Gasteiger partial charge is 0.464 e. The lowest BCUT2D eigenvalue weighted by Gasteiger charge is -2.26. The summed E-state index contributed by atoms with van der Waals surface area (Å²) in [5.74, 6) is -0.297. The molecule has 10 heteroatoms. The van der Waals surface area contributed by atoms with Gasteiger partial charge < -0.3 is 14.7 Å². The topological polar surface area (TPSA) is 128 Å². The maximum atomic E-state index is 13.6. The highest BCUT2D eigenvalue weighted by Crippen LogP contribution is 2.59. The van der Waals surface area contributed by atoms with Crippen LogP contribution in [0.3, 0.4) is 0 Å². The minimum absolute atomic E-state index is 0.0822. The molecular weight excluding hydrogens is 462 g/mol. The molecule has 1 aliphatic heterocycles. The van der Waals surface area contributed by atoms with Crippen molar-refractivity contribution in [1.29, 1.82) is 0 Å².